The van der Waals surface area contributed by atoms with E-state index >= 15 is 0 Å². The van der Waals surface area contributed by atoms with Crippen LogP contribution in [0, 0.1) is 0 Å². The van der Waals surface area contributed by atoms with E-state index in [2.05, 4.69) is 10.3 Å². The Kier molecular flexibility index (Phi) is 5.28. The molecule has 0 radical (unpaired) electrons. The maximum absolute atomic E-state index is 11.8. The molecule has 0 amide bonds. The first-order chi connectivity index (χ1) is 7.08. The third-order valence-electron chi connectivity index (χ3n) is 2.07. The molecule has 2 nitrogen and oxygen atoms in total. The smallest absolute Gasteiger partial charge is 0.373 e. The zero-order valence-corrected chi connectivity index (χ0v) is 9.26. The molecule has 0 saturated carbocycles. The van der Waals surface area contributed by atoms with Crippen LogP contribution in [-0.2, 0) is 0 Å². The first-order valence-corrected chi connectivity index (χ1v) is 6.04. The highest BCUT2D eigenvalue weighted by Gasteiger charge is 2.27. The minimum absolute atomic E-state index is 0.00986. The van der Waals surface area contributed by atoms with Crippen molar-refractivity contribution in [3.8, 4) is 0 Å². The summed E-state index contributed by atoms with van der Waals surface area (Å²) < 4.78 is 35.4. The van der Waals surface area contributed by atoms with Crippen molar-refractivity contribution in [2.75, 3.05) is 18.8 Å². The lowest BCUT2D eigenvalue weighted by Gasteiger charge is -2.09. The van der Waals surface area contributed by atoms with Crippen molar-refractivity contribution in [1.29, 1.82) is 0 Å². The fourth-order valence-corrected chi connectivity index (χ4v) is 1.82. The van der Waals surface area contributed by atoms with Crippen molar-refractivity contribution in [3.63, 3.8) is 0 Å². The molecule has 0 aromatic carbocycles. The highest BCUT2D eigenvalue weighted by Crippen LogP contribution is 2.29. The molecule has 1 aliphatic rings. The van der Waals surface area contributed by atoms with Gasteiger partial charge in [0.25, 0.3) is 0 Å². The molecule has 15 heavy (non-hydrogen) atoms. The number of alkyl halides is 3. The van der Waals surface area contributed by atoms with E-state index in [9.17, 15) is 13.2 Å². The topological polar surface area (TPSA) is 24.4 Å². The predicted octanol–water partition coefficient (Wildman–Crippen LogP) is 2.80. The van der Waals surface area contributed by atoms with Gasteiger partial charge in [0.15, 0.2) is 0 Å². The lowest BCUT2D eigenvalue weighted by atomic mass is 10.2. The Morgan fingerprint density at radius 2 is 2.07 bits per heavy atom. The Hall–Kier alpha value is -0.390. The summed E-state index contributed by atoms with van der Waals surface area (Å²) in [5.41, 5.74) is -4.12. The number of aliphatic imine (C=N–C) groups is 1. The van der Waals surface area contributed by atoms with E-state index in [4.69, 9.17) is 0 Å². The molecule has 0 saturated heterocycles. The Morgan fingerprint density at radius 3 is 2.80 bits per heavy atom. The van der Waals surface area contributed by atoms with E-state index in [-0.39, 0.29) is 17.5 Å². The number of nitrogens with zero attached hydrogens (tertiary/aromatic N) is 1. The van der Waals surface area contributed by atoms with Crippen molar-refractivity contribution in [2.45, 2.75) is 31.2 Å². The Bertz CT molecular complexity index is 216. The molecule has 0 unspecified atom stereocenters. The monoisotopic (exact) mass is 240 g/mol. The van der Waals surface area contributed by atoms with Gasteiger partial charge >= 0.3 is 5.51 Å². The van der Waals surface area contributed by atoms with Crippen molar-refractivity contribution in [3.05, 3.63) is 0 Å². The number of hydrogen-bond acceptors (Lipinski definition) is 3. The van der Waals surface area contributed by atoms with Crippen molar-refractivity contribution >= 4 is 17.6 Å². The van der Waals surface area contributed by atoms with Crippen LogP contribution in [0.4, 0.5) is 13.2 Å². The SMILES string of the molecule is FC(F)(F)SCCNC1=NCCCCC1. The van der Waals surface area contributed by atoms with Crippen LogP contribution in [0.1, 0.15) is 25.7 Å². The van der Waals surface area contributed by atoms with Crippen LogP contribution in [0.3, 0.4) is 0 Å². The first kappa shape index (κ1) is 12.7. The lowest BCUT2D eigenvalue weighted by molar-refractivity contribution is -0.0327. The van der Waals surface area contributed by atoms with Gasteiger partial charge in [0, 0.05) is 25.3 Å². The molecule has 0 aromatic heterocycles. The number of rotatable bonds is 3. The van der Waals surface area contributed by atoms with Gasteiger partial charge in [-0.25, -0.2) is 0 Å². The zero-order chi connectivity index (χ0) is 11.1. The fourth-order valence-electron chi connectivity index (χ4n) is 1.38. The lowest BCUT2D eigenvalue weighted by Crippen LogP contribution is -2.26. The van der Waals surface area contributed by atoms with E-state index < -0.39 is 5.51 Å². The maximum Gasteiger partial charge on any atom is 0.441 e. The van der Waals surface area contributed by atoms with Crippen LogP contribution in [0.5, 0.6) is 0 Å². The van der Waals surface area contributed by atoms with Crippen LogP contribution in [0.2, 0.25) is 0 Å². The number of nitrogens with one attached hydrogen (secondary N) is 1. The van der Waals surface area contributed by atoms with Gasteiger partial charge in [0.2, 0.25) is 0 Å². The first-order valence-electron chi connectivity index (χ1n) is 5.06. The summed E-state index contributed by atoms with van der Waals surface area (Å²) >= 11 is 0.00986. The summed E-state index contributed by atoms with van der Waals surface area (Å²) in [6.45, 7) is 1.14. The molecule has 1 rings (SSSR count). The average Bonchev–Trinajstić information content (AvgIpc) is 2.39. The number of halogens is 3. The number of thioether (sulfide) groups is 1. The molecule has 0 aromatic rings. The maximum atomic E-state index is 11.8. The summed E-state index contributed by atoms with van der Waals surface area (Å²) in [5, 5.41) is 2.96. The Labute approximate surface area is 91.7 Å². The quantitative estimate of drug-likeness (QED) is 0.767. The Balaban J connectivity index is 2.11. The normalized spacial score (nSPS) is 18.2. The number of hydrogen-bond donors (Lipinski definition) is 1. The largest absolute Gasteiger partial charge is 0.441 e. The number of amidine groups is 1. The van der Waals surface area contributed by atoms with Gasteiger partial charge in [0.05, 0.1) is 5.84 Å². The minimum atomic E-state index is -4.12. The van der Waals surface area contributed by atoms with E-state index in [0.29, 0.717) is 6.54 Å². The molecular weight excluding hydrogens is 225 g/mol. The minimum Gasteiger partial charge on any atom is -0.373 e. The molecule has 1 aliphatic heterocycles. The van der Waals surface area contributed by atoms with Crippen LogP contribution >= 0.6 is 11.8 Å². The summed E-state index contributed by atoms with van der Waals surface area (Å²) in [4.78, 5) is 4.27. The molecule has 1 heterocycles. The van der Waals surface area contributed by atoms with Gasteiger partial charge in [-0.3, -0.25) is 4.99 Å². The van der Waals surface area contributed by atoms with Gasteiger partial charge < -0.3 is 5.32 Å². The van der Waals surface area contributed by atoms with Crippen LogP contribution < -0.4 is 5.32 Å². The van der Waals surface area contributed by atoms with E-state index in [0.717, 1.165) is 38.1 Å². The second kappa shape index (κ2) is 6.25. The van der Waals surface area contributed by atoms with Crippen molar-refractivity contribution < 1.29 is 13.2 Å². The molecule has 6 heteroatoms. The fraction of sp³-hybridized carbons (Fsp3) is 0.889. The molecule has 0 aliphatic carbocycles. The third-order valence-corrected chi connectivity index (χ3v) is 2.81. The van der Waals surface area contributed by atoms with Gasteiger partial charge in [-0.2, -0.15) is 13.2 Å². The molecule has 0 atom stereocenters. The summed E-state index contributed by atoms with van der Waals surface area (Å²) in [6, 6.07) is 0. The Morgan fingerprint density at radius 1 is 1.27 bits per heavy atom. The third kappa shape index (κ3) is 6.65. The van der Waals surface area contributed by atoms with E-state index in [1.165, 1.54) is 0 Å². The summed E-state index contributed by atoms with van der Waals surface area (Å²) in [6.07, 6.45) is 4.20. The molecule has 0 spiro atoms. The second-order valence-electron chi connectivity index (χ2n) is 3.36. The van der Waals surface area contributed by atoms with Gasteiger partial charge in [-0.1, -0.05) is 6.42 Å². The summed E-state index contributed by atoms with van der Waals surface area (Å²) in [5.74, 6) is 0.915. The van der Waals surface area contributed by atoms with E-state index in [1.807, 2.05) is 0 Å². The average molecular weight is 240 g/mol. The standard InChI is InChI=1S/C9H15F3N2S/c10-9(11,12)15-7-6-14-8-4-2-1-3-5-13-8/h1-7H2,(H,13,14). The highest BCUT2D eigenvalue weighted by atomic mass is 32.2. The molecule has 1 N–H and O–H groups in total. The molecular formula is C9H15F3N2S. The van der Waals surface area contributed by atoms with E-state index in [1.54, 1.807) is 0 Å². The molecule has 0 fully saturated rings. The van der Waals surface area contributed by atoms with Crippen LogP contribution in [0.15, 0.2) is 4.99 Å². The molecule has 0 bridgehead atoms. The highest BCUT2D eigenvalue weighted by molar-refractivity contribution is 8.00. The van der Waals surface area contributed by atoms with Crippen molar-refractivity contribution in [1.82, 2.24) is 5.32 Å². The van der Waals surface area contributed by atoms with Gasteiger partial charge in [-0.05, 0) is 24.6 Å². The predicted molar refractivity (Wildman–Crippen MR) is 57.3 cm³/mol. The van der Waals surface area contributed by atoms with Crippen molar-refractivity contribution in [2.24, 2.45) is 4.99 Å². The summed E-state index contributed by atoms with van der Waals surface area (Å²) in [7, 11) is 0. The van der Waals surface area contributed by atoms with Crippen LogP contribution in [-0.4, -0.2) is 30.2 Å². The van der Waals surface area contributed by atoms with Crippen LogP contribution in [0.25, 0.3) is 0 Å². The molecule has 88 valence electrons. The zero-order valence-electron chi connectivity index (χ0n) is 8.44. The van der Waals surface area contributed by atoms with Gasteiger partial charge in [-0.15, -0.1) is 0 Å². The second-order valence-corrected chi connectivity index (χ2v) is 4.52. The van der Waals surface area contributed by atoms with Gasteiger partial charge in [0.1, 0.15) is 0 Å².